The SMILES string of the molecule is SC1CS[C]=N1. The Kier molecular flexibility index (Phi) is 1.42. The second kappa shape index (κ2) is 1.89. The standard InChI is InChI=1S/C3H4NS2/c5-3-1-6-2-4-3/h3,5H,1H2. The molecule has 1 radical (unpaired) electrons. The van der Waals surface area contributed by atoms with Crippen molar-refractivity contribution < 1.29 is 0 Å². The summed E-state index contributed by atoms with van der Waals surface area (Å²) in [5, 5.41) is 0.218. The number of thiol groups is 1. The van der Waals surface area contributed by atoms with Crippen LogP contribution >= 0.6 is 24.4 Å². The Balaban J connectivity index is 2.38. The molecule has 0 aromatic carbocycles. The van der Waals surface area contributed by atoms with E-state index in [1.165, 1.54) is 0 Å². The van der Waals surface area contributed by atoms with Gasteiger partial charge in [0.25, 0.3) is 0 Å². The van der Waals surface area contributed by atoms with E-state index in [4.69, 9.17) is 0 Å². The summed E-state index contributed by atoms with van der Waals surface area (Å²) < 4.78 is 0. The van der Waals surface area contributed by atoms with Crippen molar-refractivity contribution >= 4 is 29.9 Å². The van der Waals surface area contributed by atoms with Crippen molar-refractivity contribution in [1.82, 2.24) is 0 Å². The van der Waals surface area contributed by atoms with E-state index in [9.17, 15) is 0 Å². The molecule has 0 fully saturated rings. The fraction of sp³-hybridized carbons (Fsp3) is 0.667. The summed E-state index contributed by atoms with van der Waals surface area (Å²) in [6.07, 6.45) is 0. The molecule has 1 aliphatic heterocycles. The summed E-state index contributed by atoms with van der Waals surface area (Å²) >= 11 is 5.63. The molecule has 0 saturated heterocycles. The predicted molar refractivity (Wildman–Crippen MR) is 32.7 cm³/mol. The van der Waals surface area contributed by atoms with E-state index in [0.717, 1.165) is 5.75 Å². The predicted octanol–water partition coefficient (Wildman–Crippen LogP) is 0.894. The van der Waals surface area contributed by atoms with E-state index in [1.54, 1.807) is 11.8 Å². The number of hydrogen-bond acceptors (Lipinski definition) is 3. The van der Waals surface area contributed by atoms with Gasteiger partial charge in [-0.15, -0.1) is 11.8 Å². The van der Waals surface area contributed by atoms with Gasteiger partial charge >= 0.3 is 0 Å². The molecule has 0 N–H and O–H groups in total. The van der Waals surface area contributed by atoms with Crippen molar-refractivity contribution in [2.75, 3.05) is 5.75 Å². The van der Waals surface area contributed by atoms with Gasteiger partial charge in [0.15, 0.2) is 0 Å². The molecule has 0 aliphatic carbocycles. The summed E-state index contributed by atoms with van der Waals surface area (Å²) in [5.74, 6) is 0.989. The summed E-state index contributed by atoms with van der Waals surface area (Å²) in [5.41, 5.74) is 2.74. The van der Waals surface area contributed by atoms with Crippen LogP contribution in [0.1, 0.15) is 0 Å². The van der Waals surface area contributed by atoms with Gasteiger partial charge in [-0.25, -0.2) is 0 Å². The van der Waals surface area contributed by atoms with Gasteiger partial charge in [0.1, 0.15) is 10.9 Å². The third kappa shape index (κ3) is 0.914. The van der Waals surface area contributed by atoms with Gasteiger partial charge < -0.3 is 0 Å². The molecule has 1 heterocycles. The van der Waals surface area contributed by atoms with Gasteiger partial charge in [0, 0.05) is 5.75 Å². The third-order valence-electron chi connectivity index (χ3n) is 0.499. The molecule has 33 valence electrons. The zero-order chi connectivity index (χ0) is 4.41. The molecule has 0 aromatic heterocycles. The molecule has 6 heavy (non-hydrogen) atoms. The summed E-state index contributed by atoms with van der Waals surface area (Å²) in [4.78, 5) is 3.81. The van der Waals surface area contributed by atoms with Gasteiger partial charge in [-0.2, -0.15) is 12.6 Å². The maximum Gasteiger partial charge on any atom is 0.124 e. The quantitative estimate of drug-likeness (QED) is 0.466. The van der Waals surface area contributed by atoms with Gasteiger partial charge in [0.2, 0.25) is 0 Å². The Morgan fingerprint density at radius 3 is 3.00 bits per heavy atom. The Morgan fingerprint density at radius 2 is 2.83 bits per heavy atom. The van der Waals surface area contributed by atoms with E-state index in [0.29, 0.717) is 0 Å². The lowest BCUT2D eigenvalue weighted by atomic mass is 10.8. The average molecular weight is 118 g/mol. The lowest BCUT2D eigenvalue weighted by molar-refractivity contribution is 1.10. The first-order valence-electron chi connectivity index (χ1n) is 1.64. The maximum atomic E-state index is 4.04. The van der Waals surface area contributed by atoms with E-state index in [2.05, 4.69) is 23.2 Å². The Morgan fingerprint density at radius 1 is 2.00 bits per heavy atom. The minimum Gasteiger partial charge on any atom is -0.261 e. The summed E-state index contributed by atoms with van der Waals surface area (Å²) in [6.45, 7) is 0. The van der Waals surface area contributed by atoms with E-state index in [-0.39, 0.29) is 5.37 Å². The number of aliphatic imine (C=N–C) groups is 1. The van der Waals surface area contributed by atoms with Crippen LogP contribution in [0.25, 0.3) is 0 Å². The molecular formula is C3H4NS2. The number of thioether (sulfide) groups is 1. The topological polar surface area (TPSA) is 12.4 Å². The van der Waals surface area contributed by atoms with Crippen LogP contribution in [0, 0.1) is 0 Å². The number of hydrogen-bond donors (Lipinski definition) is 1. The largest absolute Gasteiger partial charge is 0.261 e. The van der Waals surface area contributed by atoms with Crippen LogP contribution in [-0.2, 0) is 0 Å². The Hall–Kier alpha value is 0.370. The van der Waals surface area contributed by atoms with E-state index in [1.807, 2.05) is 0 Å². The maximum absolute atomic E-state index is 4.04. The number of nitrogens with zero attached hydrogens (tertiary/aromatic N) is 1. The van der Waals surface area contributed by atoms with Gasteiger partial charge in [-0.1, -0.05) is 0 Å². The van der Waals surface area contributed by atoms with Crippen molar-refractivity contribution in [3.8, 4) is 0 Å². The minimum absolute atomic E-state index is 0.218. The van der Waals surface area contributed by atoms with E-state index < -0.39 is 0 Å². The highest BCUT2D eigenvalue weighted by molar-refractivity contribution is 8.12. The van der Waals surface area contributed by atoms with Crippen molar-refractivity contribution in [3.05, 3.63) is 0 Å². The van der Waals surface area contributed by atoms with Crippen molar-refractivity contribution in [1.29, 1.82) is 0 Å². The first-order chi connectivity index (χ1) is 2.89. The van der Waals surface area contributed by atoms with Crippen LogP contribution in [0.15, 0.2) is 4.99 Å². The molecule has 3 heteroatoms. The van der Waals surface area contributed by atoms with Crippen molar-refractivity contribution in [2.45, 2.75) is 5.37 Å². The molecule has 1 aliphatic rings. The highest BCUT2D eigenvalue weighted by atomic mass is 32.2. The molecular weight excluding hydrogens is 114 g/mol. The first-order valence-corrected chi connectivity index (χ1v) is 3.14. The van der Waals surface area contributed by atoms with Crippen molar-refractivity contribution in [2.24, 2.45) is 4.99 Å². The molecule has 1 rings (SSSR count). The molecule has 0 saturated carbocycles. The molecule has 0 amide bonds. The molecule has 0 bridgehead atoms. The van der Waals surface area contributed by atoms with Crippen LogP contribution < -0.4 is 0 Å². The Labute approximate surface area is 46.6 Å². The molecule has 1 atom stereocenters. The van der Waals surface area contributed by atoms with Crippen LogP contribution in [-0.4, -0.2) is 16.7 Å². The molecule has 0 aromatic rings. The van der Waals surface area contributed by atoms with E-state index >= 15 is 0 Å². The van der Waals surface area contributed by atoms with Gasteiger partial charge in [0.05, 0.1) is 0 Å². The zero-order valence-electron chi connectivity index (χ0n) is 3.09. The molecule has 0 spiro atoms. The monoisotopic (exact) mass is 118 g/mol. The Bertz CT molecular complexity index is 71.2. The van der Waals surface area contributed by atoms with Gasteiger partial charge in [-0.05, 0) is 0 Å². The first kappa shape index (κ1) is 4.53. The fourth-order valence-electron chi connectivity index (χ4n) is 0.247. The molecule has 1 nitrogen and oxygen atoms in total. The van der Waals surface area contributed by atoms with Crippen LogP contribution in [0.5, 0.6) is 0 Å². The summed E-state index contributed by atoms with van der Waals surface area (Å²) in [6, 6.07) is 0. The lowest BCUT2D eigenvalue weighted by Crippen LogP contribution is -1.87. The lowest BCUT2D eigenvalue weighted by Gasteiger charge is -1.86. The fourth-order valence-corrected chi connectivity index (χ4v) is 1.11. The third-order valence-corrected chi connectivity index (χ3v) is 1.76. The molecule has 1 unspecified atom stereocenters. The second-order valence-electron chi connectivity index (χ2n) is 1.01. The normalized spacial score (nSPS) is 31.8. The highest BCUT2D eigenvalue weighted by Crippen LogP contribution is 2.12. The minimum atomic E-state index is 0.218. The smallest absolute Gasteiger partial charge is 0.124 e. The number of rotatable bonds is 0. The van der Waals surface area contributed by atoms with Gasteiger partial charge in [-0.3, -0.25) is 4.99 Å². The second-order valence-corrected chi connectivity index (χ2v) is 2.41. The van der Waals surface area contributed by atoms with Crippen LogP contribution in [0.3, 0.4) is 0 Å². The average Bonchev–Trinajstić information content (AvgIpc) is 1.86. The summed E-state index contributed by atoms with van der Waals surface area (Å²) in [7, 11) is 0. The van der Waals surface area contributed by atoms with Crippen LogP contribution in [0.4, 0.5) is 0 Å². The zero-order valence-corrected chi connectivity index (χ0v) is 4.80. The van der Waals surface area contributed by atoms with Crippen LogP contribution in [0.2, 0.25) is 0 Å². The van der Waals surface area contributed by atoms with Crippen molar-refractivity contribution in [3.63, 3.8) is 0 Å². The highest BCUT2D eigenvalue weighted by Gasteiger charge is 2.02.